The van der Waals surface area contributed by atoms with Crippen molar-refractivity contribution in [2.75, 3.05) is 0 Å². The maximum atomic E-state index is 13.7. The highest BCUT2D eigenvalue weighted by Gasteiger charge is 2.32. The summed E-state index contributed by atoms with van der Waals surface area (Å²) in [7, 11) is 0. The van der Waals surface area contributed by atoms with Crippen molar-refractivity contribution in [1.82, 2.24) is 9.55 Å². The van der Waals surface area contributed by atoms with Crippen LogP contribution in [0.4, 0.5) is 4.39 Å². The summed E-state index contributed by atoms with van der Waals surface area (Å²) in [5.74, 6) is -1.64. The van der Waals surface area contributed by atoms with Gasteiger partial charge in [-0.25, -0.2) is 9.37 Å². The molecule has 8 heteroatoms. The van der Waals surface area contributed by atoms with Crippen LogP contribution in [0.5, 0.6) is 11.6 Å². The Morgan fingerprint density at radius 3 is 2.55 bits per heavy atom. The summed E-state index contributed by atoms with van der Waals surface area (Å²) >= 11 is 1.31. The monoisotopic (exact) mass is 462 g/mol. The van der Waals surface area contributed by atoms with Crippen LogP contribution < -0.4 is 0 Å². The van der Waals surface area contributed by atoms with Gasteiger partial charge in [0.25, 0.3) is 0 Å². The lowest BCUT2D eigenvalue weighted by Crippen LogP contribution is -2.04. The normalized spacial score (nSPS) is 11.4. The molecule has 0 fully saturated rings. The van der Waals surface area contributed by atoms with E-state index in [1.807, 2.05) is 18.2 Å². The van der Waals surface area contributed by atoms with Gasteiger partial charge in [-0.05, 0) is 73.0 Å². The lowest BCUT2D eigenvalue weighted by atomic mass is 10.0. The van der Waals surface area contributed by atoms with Gasteiger partial charge in [-0.3, -0.25) is 9.36 Å². The van der Waals surface area contributed by atoms with Crippen LogP contribution >= 0.6 is 11.3 Å². The molecule has 0 bridgehead atoms. The first kappa shape index (κ1) is 21.0. The molecule has 0 spiro atoms. The van der Waals surface area contributed by atoms with Crippen LogP contribution in [0.3, 0.4) is 0 Å². The van der Waals surface area contributed by atoms with Crippen LogP contribution in [0.2, 0.25) is 0 Å². The summed E-state index contributed by atoms with van der Waals surface area (Å²) in [5, 5.41) is 22.1. The Kier molecular flexibility index (Phi) is 5.02. The van der Waals surface area contributed by atoms with E-state index in [1.165, 1.54) is 46.2 Å². The van der Waals surface area contributed by atoms with E-state index >= 15 is 0 Å². The maximum absolute atomic E-state index is 13.7. The Hall–Kier alpha value is -3.91. The molecule has 0 radical (unpaired) electrons. The number of thiazole rings is 1. The van der Waals surface area contributed by atoms with Crippen LogP contribution in [-0.4, -0.2) is 25.5 Å². The van der Waals surface area contributed by atoms with E-state index in [9.17, 15) is 19.4 Å². The fourth-order valence-electron chi connectivity index (χ4n) is 3.78. The summed E-state index contributed by atoms with van der Waals surface area (Å²) in [6, 6.07) is 14.5. The van der Waals surface area contributed by atoms with E-state index in [1.54, 1.807) is 13.0 Å². The maximum Gasteiger partial charge on any atom is 0.242 e. The second-order valence-corrected chi connectivity index (χ2v) is 8.64. The van der Waals surface area contributed by atoms with Crippen LogP contribution in [0.1, 0.15) is 34.4 Å². The Morgan fingerprint density at radius 1 is 1.12 bits per heavy atom. The molecule has 0 atom stereocenters. The number of furan rings is 1. The van der Waals surface area contributed by atoms with Crippen molar-refractivity contribution in [3.05, 3.63) is 83.1 Å². The molecule has 0 unspecified atom stereocenters. The fraction of sp³-hybridized carbons (Fsp3) is 0.120. The summed E-state index contributed by atoms with van der Waals surface area (Å²) in [6.07, 6.45) is 0.862. The van der Waals surface area contributed by atoms with Crippen molar-refractivity contribution in [2.45, 2.75) is 20.3 Å². The third-order valence-electron chi connectivity index (χ3n) is 5.47. The molecule has 5 rings (SSSR count). The predicted octanol–water partition coefficient (Wildman–Crippen LogP) is 6.00. The van der Waals surface area contributed by atoms with Gasteiger partial charge in [-0.2, -0.15) is 0 Å². The number of carbonyl (C=O) groups is 1. The molecular formula is C25H19FN2O4S. The molecule has 2 N–H and O–H groups in total. The molecule has 0 saturated heterocycles. The Balaban J connectivity index is 1.79. The quantitative estimate of drug-likeness (QED) is 0.313. The first-order valence-corrected chi connectivity index (χ1v) is 11.1. The van der Waals surface area contributed by atoms with Gasteiger partial charge in [0.2, 0.25) is 11.7 Å². The lowest BCUT2D eigenvalue weighted by molar-refractivity contribution is 0.101. The van der Waals surface area contributed by atoms with Gasteiger partial charge < -0.3 is 14.6 Å². The highest BCUT2D eigenvalue weighted by Crippen LogP contribution is 2.45. The van der Waals surface area contributed by atoms with Crippen LogP contribution in [-0.2, 0) is 6.42 Å². The summed E-state index contributed by atoms with van der Waals surface area (Å²) in [5.41, 5.74) is 2.33. The third kappa shape index (κ3) is 3.48. The number of hydrogen-bond donors (Lipinski definition) is 2. The minimum atomic E-state index is -0.608. The molecular weight excluding hydrogens is 443 g/mol. The van der Waals surface area contributed by atoms with E-state index in [4.69, 9.17) is 4.42 Å². The summed E-state index contributed by atoms with van der Waals surface area (Å²) in [4.78, 5) is 17.9. The van der Waals surface area contributed by atoms with E-state index in [-0.39, 0.29) is 17.0 Å². The standard InChI is InChI=1S/C25H19FN2O4S/c1-3-14-5-10-17-19(12-14)33-25(27-17)28-21(15-6-8-16(26)9-7-15)20(23(30)24(28)31)22(29)18-11-4-13(2)32-18/h4-12,30-31H,3H2,1-2H3. The molecule has 3 heterocycles. The van der Waals surface area contributed by atoms with Gasteiger partial charge in [-0.15, -0.1) is 0 Å². The first-order chi connectivity index (χ1) is 15.9. The van der Waals surface area contributed by atoms with E-state index in [0.29, 0.717) is 16.5 Å². The molecule has 6 nitrogen and oxygen atoms in total. The second kappa shape index (κ2) is 7.90. The topological polar surface area (TPSA) is 88.5 Å². The highest BCUT2D eigenvalue weighted by atomic mass is 32.1. The largest absolute Gasteiger partial charge is 0.503 e. The summed E-state index contributed by atoms with van der Waals surface area (Å²) < 4.78 is 21.3. The smallest absolute Gasteiger partial charge is 0.242 e. The number of fused-ring (bicyclic) bond motifs is 1. The minimum Gasteiger partial charge on any atom is -0.503 e. The Labute approximate surface area is 192 Å². The van der Waals surface area contributed by atoms with Gasteiger partial charge in [0, 0.05) is 0 Å². The lowest BCUT2D eigenvalue weighted by Gasteiger charge is -2.09. The number of aryl methyl sites for hydroxylation is 2. The molecule has 166 valence electrons. The molecule has 0 aliphatic rings. The number of rotatable bonds is 5. The number of benzene rings is 2. The molecule has 0 saturated carbocycles. The van der Waals surface area contributed by atoms with Gasteiger partial charge in [0.1, 0.15) is 11.6 Å². The first-order valence-electron chi connectivity index (χ1n) is 10.3. The fourth-order valence-corrected chi connectivity index (χ4v) is 4.82. The van der Waals surface area contributed by atoms with Crippen LogP contribution in [0, 0.1) is 12.7 Å². The number of nitrogens with zero attached hydrogens (tertiary/aromatic N) is 2. The van der Waals surface area contributed by atoms with Crippen LogP contribution in [0.25, 0.3) is 26.6 Å². The van der Waals surface area contributed by atoms with Crippen molar-refractivity contribution < 1.29 is 23.8 Å². The zero-order valence-corrected chi connectivity index (χ0v) is 18.6. The summed E-state index contributed by atoms with van der Waals surface area (Å²) in [6.45, 7) is 3.76. The van der Waals surface area contributed by atoms with E-state index in [2.05, 4.69) is 11.9 Å². The highest BCUT2D eigenvalue weighted by molar-refractivity contribution is 7.20. The SMILES string of the molecule is CCc1ccc2nc(-n3c(O)c(O)c(C(=O)c4ccc(C)o4)c3-c3ccc(F)cc3)sc2c1. The average Bonchev–Trinajstić information content (AvgIpc) is 3.49. The molecule has 3 aromatic heterocycles. The van der Waals surface area contributed by atoms with Gasteiger partial charge in [0.05, 0.1) is 21.5 Å². The van der Waals surface area contributed by atoms with Crippen molar-refractivity contribution in [2.24, 2.45) is 0 Å². The second-order valence-electron chi connectivity index (χ2n) is 7.63. The van der Waals surface area contributed by atoms with Crippen molar-refractivity contribution in [3.8, 4) is 28.0 Å². The van der Waals surface area contributed by atoms with E-state index in [0.717, 1.165) is 22.2 Å². The zero-order valence-electron chi connectivity index (χ0n) is 17.8. The molecule has 2 aromatic carbocycles. The molecule has 0 amide bonds. The van der Waals surface area contributed by atoms with Gasteiger partial charge in [-0.1, -0.05) is 24.3 Å². The molecule has 0 aliphatic carbocycles. The zero-order chi connectivity index (χ0) is 23.3. The number of aromatic hydroxyl groups is 2. The number of halogens is 1. The Morgan fingerprint density at radius 2 is 1.88 bits per heavy atom. The number of ketones is 1. The number of hydrogen-bond acceptors (Lipinski definition) is 6. The van der Waals surface area contributed by atoms with Crippen molar-refractivity contribution in [1.29, 1.82) is 0 Å². The molecule has 0 aliphatic heterocycles. The van der Waals surface area contributed by atoms with Gasteiger partial charge >= 0.3 is 0 Å². The van der Waals surface area contributed by atoms with Crippen molar-refractivity contribution >= 4 is 27.3 Å². The molecule has 5 aromatic rings. The van der Waals surface area contributed by atoms with Gasteiger partial charge in [0.15, 0.2) is 16.6 Å². The Bertz CT molecular complexity index is 1510. The van der Waals surface area contributed by atoms with Crippen molar-refractivity contribution in [3.63, 3.8) is 0 Å². The van der Waals surface area contributed by atoms with E-state index < -0.39 is 23.2 Å². The predicted molar refractivity (Wildman–Crippen MR) is 124 cm³/mol. The minimum absolute atomic E-state index is 0.0141. The number of aromatic nitrogens is 2. The third-order valence-corrected chi connectivity index (χ3v) is 6.47. The average molecular weight is 463 g/mol. The van der Waals surface area contributed by atoms with Crippen LogP contribution in [0.15, 0.2) is 59.0 Å². The molecule has 33 heavy (non-hydrogen) atoms. The number of carbonyl (C=O) groups excluding carboxylic acids is 1.